The minimum absolute atomic E-state index is 0.0896. The van der Waals surface area contributed by atoms with Crippen LogP contribution < -0.4 is 4.74 Å². The summed E-state index contributed by atoms with van der Waals surface area (Å²) in [5, 5.41) is 0. The molecule has 0 saturated heterocycles. The maximum Gasteiger partial charge on any atom is 0.573 e. The van der Waals surface area contributed by atoms with Crippen LogP contribution in [0.2, 0.25) is 0 Å². The molecule has 21 heavy (non-hydrogen) atoms. The number of alkyl halides is 3. The number of halogens is 5. The van der Waals surface area contributed by atoms with Gasteiger partial charge in [-0.25, -0.2) is 4.39 Å². The van der Waals surface area contributed by atoms with Gasteiger partial charge < -0.3 is 4.74 Å². The Balaban J connectivity index is 2.46. The van der Waals surface area contributed by atoms with Gasteiger partial charge in [-0.1, -0.05) is 28.1 Å². The molecule has 0 spiro atoms. The molecule has 7 heteroatoms. The van der Waals surface area contributed by atoms with Gasteiger partial charge in [-0.3, -0.25) is 4.79 Å². The zero-order chi connectivity index (χ0) is 15.6. The van der Waals surface area contributed by atoms with Crippen molar-refractivity contribution in [1.82, 2.24) is 0 Å². The van der Waals surface area contributed by atoms with E-state index in [2.05, 4.69) is 20.7 Å². The Bertz CT molecular complexity index is 683. The van der Waals surface area contributed by atoms with Crippen molar-refractivity contribution in [2.24, 2.45) is 0 Å². The highest BCUT2D eigenvalue weighted by molar-refractivity contribution is 9.10. The summed E-state index contributed by atoms with van der Waals surface area (Å²) in [5.41, 5.74) is -0.394. The first-order chi connectivity index (χ1) is 9.78. The lowest BCUT2D eigenvalue weighted by molar-refractivity contribution is -0.274. The van der Waals surface area contributed by atoms with Gasteiger partial charge >= 0.3 is 6.36 Å². The number of ether oxygens (including phenoxy) is 1. The lowest BCUT2D eigenvalue weighted by atomic mass is 10.0. The van der Waals surface area contributed by atoms with E-state index >= 15 is 0 Å². The van der Waals surface area contributed by atoms with Crippen molar-refractivity contribution < 1.29 is 27.1 Å². The second kappa shape index (κ2) is 5.85. The first-order valence-electron chi connectivity index (χ1n) is 5.62. The molecule has 0 bridgehead atoms. The van der Waals surface area contributed by atoms with E-state index in [9.17, 15) is 22.4 Å². The number of carbonyl (C=O) groups is 1. The molecule has 0 aliphatic rings. The summed E-state index contributed by atoms with van der Waals surface area (Å²) in [5.74, 6) is -2.08. The highest BCUT2D eigenvalue weighted by atomic mass is 79.9. The lowest BCUT2D eigenvalue weighted by Crippen LogP contribution is -2.19. The van der Waals surface area contributed by atoms with Crippen LogP contribution in [0.25, 0.3) is 0 Å². The first-order valence-corrected chi connectivity index (χ1v) is 6.42. The van der Waals surface area contributed by atoms with Gasteiger partial charge in [-0.2, -0.15) is 0 Å². The summed E-state index contributed by atoms with van der Waals surface area (Å²) in [6, 6.07) is 8.27. The van der Waals surface area contributed by atoms with Crippen LogP contribution in [-0.2, 0) is 0 Å². The zero-order valence-corrected chi connectivity index (χ0v) is 11.8. The quantitative estimate of drug-likeness (QED) is 0.583. The van der Waals surface area contributed by atoms with Crippen LogP contribution in [0.4, 0.5) is 17.6 Å². The molecule has 0 aromatic heterocycles. The molecule has 0 unspecified atom stereocenters. The number of carbonyl (C=O) groups excluding carboxylic acids is 1. The highest BCUT2D eigenvalue weighted by Crippen LogP contribution is 2.29. The molecule has 0 aliphatic carbocycles. The maximum atomic E-state index is 13.2. The number of hydrogen-bond acceptors (Lipinski definition) is 2. The van der Waals surface area contributed by atoms with Crippen LogP contribution in [0, 0.1) is 5.82 Å². The minimum Gasteiger partial charge on any atom is -0.405 e. The van der Waals surface area contributed by atoms with Crippen molar-refractivity contribution in [3.8, 4) is 5.75 Å². The molecule has 0 heterocycles. The van der Waals surface area contributed by atoms with E-state index in [4.69, 9.17) is 0 Å². The second-order valence-corrected chi connectivity index (χ2v) is 4.85. The van der Waals surface area contributed by atoms with Gasteiger partial charge in [0.2, 0.25) is 0 Å². The van der Waals surface area contributed by atoms with Gasteiger partial charge in [0.25, 0.3) is 0 Å². The Labute approximate surface area is 125 Å². The summed E-state index contributed by atoms with van der Waals surface area (Å²) in [6.45, 7) is 0. The van der Waals surface area contributed by atoms with E-state index in [0.717, 1.165) is 18.2 Å². The smallest absolute Gasteiger partial charge is 0.405 e. The Morgan fingerprint density at radius 1 is 1.05 bits per heavy atom. The van der Waals surface area contributed by atoms with E-state index in [1.807, 2.05) is 0 Å². The third-order valence-electron chi connectivity index (χ3n) is 2.53. The number of benzene rings is 2. The summed E-state index contributed by atoms with van der Waals surface area (Å²) < 4.78 is 54.3. The summed E-state index contributed by atoms with van der Waals surface area (Å²) in [7, 11) is 0. The van der Waals surface area contributed by atoms with E-state index < -0.39 is 23.7 Å². The molecule has 2 aromatic rings. The molecule has 0 N–H and O–H groups in total. The highest BCUT2D eigenvalue weighted by Gasteiger charge is 2.33. The maximum absolute atomic E-state index is 13.2. The van der Waals surface area contributed by atoms with Gasteiger partial charge in [0.15, 0.2) is 5.78 Å². The fraction of sp³-hybridized carbons (Fsp3) is 0.0714. The van der Waals surface area contributed by atoms with Crippen LogP contribution in [0.15, 0.2) is 46.9 Å². The van der Waals surface area contributed by atoms with Crippen LogP contribution in [0.5, 0.6) is 5.75 Å². The molecule has 2 aromatic carbocycles. The number of ketones is 1. The molecular formula is C14H7BrF4O2. The van der Waals surface area contributed by atoms with Gasteiger partial charge in [0.05, 0.1) is 5.56 Å². The van der Waals surface area contributed by atoms with Gasteiger partial charge in [-0.15, -0.1) is 13.2 Å². The van der Waals surface area contributed by atoms with Crippen molar-refractivity contribution in [3.05, 3.63) is 63.9 Å². The summed E-state index contributed by atoms with van der Waals surface area (Å²) >= 11 is 3.06. The molecule has 0 amide bonds. The second-order valence-electron chi connectivity index (χ2n) is 4.00. The standard InChI is InChI=1S/C14H7BrF4O2/c15-11-6-5-8(16)7-10(11)13(20)9-3-1-2-4-12(9)21-14(17,18)19/h1-7H. The lowest BCUT2D eigenvalue weighted by Gasteiger charge is -2.13. The van der Waals surface area contributed by atoms with Crippen molar-refractivity contribution >= 4 is 21.7 Å². The Morgan fingerprint density at radius 2 is 1.71 bits per heavy atom. The Morgan fingerprint density at radius 3 is 2.38 bits per heavy atom. The van der Waals surface area contributed by atoms with E-state index in [-0.39, 0.29) is 15.6 Å². The fourth-order valence-electron chi connectivity index (χ4n) is 1.68. The molecule has 0 aliphatic heterocycles. The van der Waals surface area contributed by atoms with Gasteiger partial charge in [0, 0.05) is 10.0 Å². The topological polar surface area (TPSA) is 26.3 Å². The molecule has 2 rings (SSSR count). The summed E-state index contributed by atoms with van der Waals surface area (Å²) in [4.78, 5) is 12.3. The zero-order valence-electron chi connectivity index (χ0n) is 10.2. The van der Waals surface area contributed by atoms with E-state index in [1.165, 1.54) is 24.3 Å². The Hall–Kier alpha value is -1.89. The van der Waals surface area contributed by atoms with Crippen molar-refractivity contribution in [2.75, 3.05) is 0 Å². The molecule has 110 valence electrons. The third kappa shape index (κ3) is 3.81. The number of rotatable bonds is 3. The number of para-hydroxylation sites is 1. The van der Waals surface area contributed by atoms with Gasteiger partial charge in [0.1, 0.15) is 11.6 Å². The largest absolute Gasteiger partial charge is 0.573 e. The molecule has 0 radical (unpaired) electrons. The molecule has 2 nitrogen and oxygen atoms in total. The Kier molecular flexibility index (Phi) is 4.32. The minimum atomic E-state index is -4.92. The van der Waals surface area contributed by atoms with Crippen molar-refractivity contribution in [1.29, 1.82) is 0 Å². The number of hydrogen-bond donors (Lipinski definition) is 0. The summed E-state index contributed by atoms with van der Waals surface area (Å²) in [6.07, 6.45) is -4.92. The van der Waals surface area contributed by atoms with E-state index in [1.54, 1.807) is 0 Å². The van der Waals surface area contributed by atoms with Crippen molar-refractivity contribution in [3.63, 3.8) is 0 Å². The molecule has 0 atom stereocenters. The van der Waals surface area contributed by atoms with Gasteiger partial charge in [-0.05, 0) is 30.3 Å². The normalized spacial score (nSPS) is 11.3. The molecule has 0 fully saturated rings. The predicted molar refractivity (Wildman–Crippen MR) is 70.7 cm³/mol. The van der Waals surface area contributed by atoms with E-state index in [0.29, 0.717) is 0 Å². The van der Waals surface area contributed by atoms with Crippen LogP contribution in [0.1, 0.15) is 15.9 Å². The van der Waals surface area contributed by atoms with Crippen LogP contribution in [-0.4, -0.2) is 12.1 Å². The third-order valence-corrected chi connectivity index (χ3v) is 3.22. The first kappa shape index (κ1) is 15.5. The van der Waals surface area contributed by atoms with Crippen LogP contribution in [0.3, 0.4) is 0 Å². The predicted octanol–water partition coefficient (Wildman–Crippen LogP) is 4.72. The molecule has 0 saturated carbocycles. The monoisotopic (exact) mass is 362 g/mol. The fourth-order valence-corrected chi connectivity index (χ4v) is 2.11. The van der Waals surface area contributed by atoms with Crippen molar-refractivity contribution in [2.45, 2.75) is 6.36 Å². The average molecular weight is 363 g/mol. The van der Waals surface area contributed by atoms with Crippen LogP contribution >= 0.6 is 15.9 Å². The average Bonchev–Trinajstić information content (AvgIpc) is 2.39. The molecular weight excluding hydrogens is 356 g/mol. The SMILES string of the molecule is O=C(c1cc(F)ccc1Br)c1ccccc1OC(F)(F)F.